The molecule has 1 N–H and O–H groups in total. The van der Waals surface area contributed by atoms with E-state index in [2.05, 4.69) is 4.98 Å². The zero-order valence-electron chi connectivity index (χ0n) is 10.3. The van der Waals surface area contributed by atoms with Gasteiger partial charge >= 0.3 is 0 Å². The zero-order valence-corrected chi connectivity index (χ0v) is 13.3. The van der Waals surface area contributed by atoms with Crippen molar-refractivity contribution in [1.29, 1.82) is 5.26 Å². The lowest BCUT2D eigenvalue weighted by atomic mass is 10.1. The standard InChI is InChI=1S/C14H6F2IN3S/c15-8-2-1-3-12(7(8)6-18)20-13-4-9(16)10(17)5-11(13)19-14(20)21/h1-5H,(H,19,21). The van der Waals surface area contributed by atoms with Crippen molar-refractivity contribution in [3.63, 3.8) is 0 Å². The monoisotopic (exact) mass is 413 g/mol. The Labute approximate surface area is 137 Å². The van der Waals surface area contributed by atoms with Crippen molar-refractivity contribution in [2.24, 2.45) is 0 Å². The van der Waals surface area contributed by atoms with E-state index in [1.165, 1.54) is 22.8 Å². The molecule has 0 aliphatic carbocycles. The fourth-order valence-corrected chi connectivity index (χ4v) is 2.92. The fourth-order valence-electron chi connectivity index (χ4n) is 2.15. The van der Waals surface area contributed by atoms with E-state index >= 15 is 0 Å². The third-order valence-electron chi connectivity index (χ3n) is 3.07. The normalized spacial score (nSPS) is 10.8. The molecule has 2 aromatic carbocycles. The summed E-state index contributed by atoms with van der Waals surface area (Å²) in [5.74, 6) is -1.04. The Morgan fingerprint density at radius 3 is 2.71 bits per heavy atom. The first-order valence-electron chi connectivity index (χ1n) is 5.81. The van der Waals surface area contributed by atoms with Gasteiger partial charge in [0, 0.05) is 6.07 Å². The van der Waals surface area contributed by atoms with Gasteiger partial charge in [-0.1, -0.05) is 6.07 Å². The number of imidazole rings is 1. The number of hydrogen-bond acceptors (Lipinski definition) is 2. The molecule has 0 spiro atoms. The molecule has 0 unspecified atom stereocenters. The van der Waals surface area contributed by atoms with Gasteiger partial charge in [0.2, 0.25) is 0 Å². The number of nitriles is 1. The quantitative estimate of drug-likeness (QED) is 0.474. The lowest BCUT2D eigenvalue weighted by Crippen LogP contribution is -2.00. The van der Waals surface area contributed by atoms with Gasteiger partial charge in [-0.05, 0) is 53.0 Å². The Morgan fingerprint density at radius 1 is 1.24 bits per heavy atom. The molecule has 21 heavy (non-hydrogen) atoms. The minimum absolute atomic E-state index is 0.131. The highest BCUT2D eigenvalue weighted by atomic mass is 127. The highest BCUT2D eigenvalue weighted by Gasteiger charge is 2.15. The molecule has 3 nitrogen and oxygen atoms in total. The summed E-state index contributed by atoms with van der Waals surface area (Å²) in [5, 5.41) is 9.14. The average Bonchev–Trinajstić information content (AvgIpc) is 2.74. The van der Waals surface area contributed by atoms with E-state index in [1.807, 2.05) is 28.7 Å². The first kappa shape index (κ1) is 14.2. The molecule has 104 valence electrons. The number of benzene rings is 2. The van der Waals surface area contributed by atoms with Gasteiger partial charge in [0.15, 0.2) is 4.77 Å². The summed E-state index contributed by atoms with van der Waals surface area (Å²) in [6.45, 7) is 0. The molecular weight excluding hydrogens is 407 g/mol. The van der Waals surface area contributed by atoms with Crippen LogP contribution in [0.4, 0.5) is 8.78 Å². The molecule has 1 heterocycles. The maximum Gasteiger partial charge on any atom is 0.182 e. The second-order valence-electron chi connectivity index (χ2n) is 4.29. The van der Waals surface area contributed by atoms with E-state index in [9.17, 15) is 8.78 Å². The van der Waals surface area contributed by atoms with E-state index < -0.39 is 11.6 Å². The van der Waals surface area contributed by atoms with Crippen molar-refractivity contribution in [2.45, 2.75) is 0 Å². The van der Waals surface area contributed by atoms with Crippen LogP contribution in [0.1, 0.15) is 5.56 Å². The largest absolute Gasteiger partial charge is 0.330 e. The van der Waals surface area contributed by atoms with Crippen LogP contribution in [0.3, 0.4) is 0 Å². The van der Waals surface area contributed by atoms with Crippen LogP contribution in [0.2, 0.25) is 0 Å². The molecule has 0 amide bonds. The predicted molar refractivity (Wildman–Crippen MR) is 85.8 cm³/mol. The maximum absolute atomic E-state index is 13.8. The van der Waals surface area contributed by atoms with Crippen LogP contribution in [-0.4, -0.2) is 9.55 Å². The molecule has 0 atom stereocenters. The van der Waals surface area contributed by atoms with Crippen molar-refractivity contribution < 1.29 is 8.78 Å². The number of nitrogens with zero attached hydrogens (tertiary/aromatic N) is 2. The molecule has 0 saturated heterocycles. The second-order valence-corrected chi connectivity index (χ2v) is 5.84. The van der Waals surface area contributed by atoms with Crippen molar-refractivity contribution in [3.05, 3.63) is 55.9 Å². The topological polar surface area (TPSA) is 44.5 Å². The molecule has 0 radical (unpaired) electrons. The Bertz CT molecular complexity index is 969. The van der Waals surface area contributed by atoms with Crippen molar-refractivity contribution in [2.75, 3.05) is 0 Å². The van der Waals surface area contributed by atoms with Crippen LogP contribution in [0, 0.1) is 31.3 Å². The van der Waals surface area contributed by atoms with Gasteiger partial charge in [0.25, 0.3) is 0 Å². The highest BCUT2D eigenvalue weighted by Crippen LogP contribution is 2.26. The summed E-state index contributed by atoms with van der Waals surface area (Å²) in [7, 11) is 0. The SMILES string of the molecule is N#Cc1c(F)cccc1-n1c(=S)[nH]c2cc(I)c(F)cc21. The van der Waals surface area contributed by atoms with Gasteiger partial charge in [0.1, 0.15) is 23.3 Å². The number of aromatic amines is 1. The smallest absolute Gasteiger partial charge is 0.182 e. The Hall–Kier alpha value is -1.79. The van der Waals surface area contributed by atoms with E-state index in [1.54, 1.807) is 12.1 Å². The lowest BCUT2D eigenvalue weighted by Gasteiger charge is -2.07. The zero-order chi connectivity index (χ0) is 15.1. The number of fused-ring (bicyclic) bond motifs is 1. The predicted octanol–water partition coefficient (Wildman–Crippen LogP) is 4.44. The van der Waals surface area contributed by atoms with Crippen LogP contribution in [-0.2, 0) is 0 Å². The molecule has 1 aromatic heterocycles. The average molecular weight is 413 g/mol. The molecule has 7 heteroatoms. The van der Waals surface area contributed by atoms with E-state index in [-0.39, 0.29) is 16.0 Å². The molecule has 0 fully saturated rings. The van der Waals surface area contributed by atoms with Gasteiger partial charge in [-0.25, -0.2) is 8.78 Å². The van der Waals surface area contributed by atoms with Gasteiger partial charge in [-0.2, -0.15) is 5.26 Å². The third-order valence-corrected chi connectivity index (χ3v) is 4.18. The molecule has 0 aliphatic heterocycles. The molecule has 0 bridgehead atoms. The molecular formula is C14H6F2IN3S. The van der Waals surface area contributed by atoms with Crippen LogP contribution in [0.25, 0.3) is 16.7 Å². The first-order valence-corrected chi connectivity index (χ1v) is 7.30. The first-order chi connectivity index (χ1) is 10.0. The number of halogens is 3. The molecule has 3 aromatic rings. The highest BCUT2D eigenvalue weighted by molar-refractivity contribution is 14.1. The van der Waals surface area contributed by atoms with Crippen molar-refractivity contribution in [1.82, 2.24) is 9.55 Å². The van der Waals surface area contributed by atoms with Crippen LogP contribution >= 0.6 is 34.8 Å². The number of aromatic nitrogens is 2. The van der Waals surface area contributed by atoms with Gasteiger partial charge in [0.05, 0.1) is 20.3 Å². The fraction of sp³-hybridized carbons (Fsp3) is 0. The summed E-state index contributed by atoms with van der Waals surface area (Å²) in [6, 6.07) is 9.00. The summed E-state index contributed by atoms with van der Waals surface area (Å²) in [5.41, 5.74) is 1.24. The number of nitrogens with one attached hydrogen (secondary N) is 1. The maximum atomic E-state index is 13.8. The summed E-state index contributed by atoms with van der Waals surface area (Å²) < 4.78 is 29.8. The minimum atomic E-state index is -0.641. The number of hydrogen-bond donors (Lipinski definition) is 1. The van der Waals surface area contributed by atoms with Crippen LogP contribution in [0.5, 0.6) is 0 Å². The van der Waals surface area contributed by atoms with E-state index in [4.69, 9.17) is 17.5 Å². The Balaban J connectivity index is 2.44. The number of rotatable bonds is 1. The van der Waals surface area contributed by atoms with Crippen LogP contribution in [0.15, 0.2) is 30.3 Å². The second kappa shape index (κ2) is 5.20. The third kappa shape index (κ3) is 2.24. The Kier molecular flexibility index (Phi) is 3.51. The summed E-state index contributed by atoms with van der Waals surface area (Å²) in [6.07, 6.45) is 0. The van der Waals surface area contributed by atoms with Gasteiger partial charge in [-0.15, -0.1) is 0 Å². The van der Waals surface area contributed by atoms with E-state index in [0.29, 0.717) is 14.6 Å². The van der Waals surface area contributed by atoms with Crippen LogP contribution < -0.4 is 0 Å². The lowest BCUT2D eigenvalue weighted by molar-refractivity contribution is 0.621. The summed E-state index contributed by atoms with van der Waals surface area (Å²) in [4.78, 5) is 2.94. The van der Waals surface area contributed by atoms with Crippen molar-refractivity contribution in [3.8, 4) is 11.8 Å². The van der Waals surface area contributed by atoms with Crippen molar-refractivity contribution >= 4 is 45.8 Å². The molecule has 0 saturated carbocycles. The van der Waals surface area contributed by atoms with Gasteiger partial charge < -0.3 is 4.98 Å². The Morgan fingerprint density at radius 2 is 2.00 bits per heavy atom. The molecule has 0 aliphatic rings. The summed E-state index contributed by atoms with van der Waals surface area (Å²) >= 11 is 7.10. The van der Waals surface area contributed by atoms with Gasteiger partial charge in [-0.3, -0.25) is 4.57 Å². The van der Waals surface area contributed by atoms with E-state index in [0.717, 1.165) is 0 Å². The molecule has 3 rings (SSSR count). The number of H-pyrrole nitrogens is 1. The minimum Gasteiger partial charge on any atom is -0.330 e.